The van der Waals surface area contributed by atoms with Crippen molar-refractivity contribution in [3.63, 3.8) is 0 Å². The number of nitrogens with zero attached hydrogens (tertiary/aromatic N) is 1. The van der Waals surface area contributed by atoms with Crippen molar-refractivity contribution in [3.8, 4) is 0 Å². The largest absolute Gasteiger partial charge is 0.377 e. The Bertz CT molecular complexity index is 1090. The van der Waals surface area contributed by atoms with E-state index in [0.29, 0.717) is 11.3 Å². The predicted molar refractivity (Wildman–Crippen MR) is 103 cm³/mol. The number of fused-ring (bicyclic) bond motifs is 1. The molecule has 0 saturated heterocycles. The van der Waals surface area contributed by atoms with Crippen molar-refractivity contribution >= 4 is 34.1 Å². The number of nitrogens with one attached hydrogen (secondary N) is 4. The lowest BCUT2D eigenvalue weighted by Crippen LogP contribution is -2.41. The molecule has 28 heavy (non-hydrogen) atoms. The summed E-state index contributed by atoms with van der Waals surface area (Å²) in [7, 11) is 0. The SMILES string of the molecule is O=C(NNC(=O)c1c[nH]c2ccccc12)c1ccc(NC2CC2)c([N+](=O)[O-])c1. The minimum Gasteiger partial charge on any atom is -0.377 e. The van der Waals surface area contributed by atoms with E-state index in [2.05, 4.69) is 21.2 Å². The van der Waals surface area contributed by atoms with Crippen LogP contribution in [-0.4, -0.2) is 27.8 Å². The lowest BCUT2D eigenvalue weighted by Gasteiger charge is -2.09. The van der Waals surface area contributed by atoms with Crippen LogP contribution in [0, 0.1) is 10.1 Å². The number of hydrazine groups is 1. The molecule has 4 rings (SSSR count). The maximum atomic E-state index is 12.3. The van der Waals surface area contributed by atoms with Crippen LogP contribution in [0.2, 0.25) is 0 Å². The van der Waals surface area contributed by atoms with Crippen molar-refractivity contribution in [1.29, 1.82) is 0 Å². The number of benzene rings is 2. The highest BCUT2D eigenvalue weighted by Crippen LogP contribution is 2.31. The third-order valence-corrected chi connectivity index (χ3v) is 4.52. The first kappa shape index (κ1) is 17.5. The lowest BCUT2D eigenvalue weighted by atomic mass is 10.1. The van der Waals surface area contributed by atoms with Gasteiger partial charge in [-0.15, -0.1) is 0 Å². The van der Waals surface area contributed by atoms with Gasteiger partial charge in [-0.2, -0.15) is 0 Å². The number of aromatic nitrogens is 1. The van der Waals surface area contributed by atoms with Crippen molar-refractivity contribution in [2.45, 2.75) is 18.9 Å². The summed E-state index contributed by atoms with van der Waals surface area (Å²) < 4.78 is 0. The smallest absolute Gasteiger partial charge is 0.293 e. The van der Waals surface area contributed by atoms with Gasteiger partial charge in [-0.05, 0) is 31.0 Å². The standard InChI is InChI=1S/C19H17N5O4/c25-18(11-5-8-16(21-12-6-7-12)17(9-11)24(27)28)22-23-19(26)14-10-20-15-4-2-1-3-13(14)15/h1-5,8-10,12,20-21H,6-7H2,(H,22,25)(H,23,26). The number of carbonyl (C=O) groups excluding carboxylic acids is 2. The Morgan fingerprint density at radius 2 is 1.82 bits per heavy atom. The van der Waals surface area contributed by atoms with Crippen LogP contribution in [-0.2, 0) is 0 Å². The number of nitro benzene ring substituents is 1. The third kappa shape index (κ3) is 3.50. The Kier molecular flexibility index (Phi) is 4.40. The van der Waals surface area contributed by atoms with Crippen LogP contribution in [0.1, 0.15) is 33.6 Å². The number of carbonyl (C=O) groups is 2. The summed E-state index contributed by atoms with van der Waals surface area (Å²) in [4.78, 5) is 38.4. The maximum absolute atomic E-state index is 12.3. The summed E-state index contributed by atoms with van der Waals surface area (Å²) >= 11 is 0. The van der Waals surface area contributed by atoms with Gasteiger partial charge in [0.1, 0.15) is 5.69 Å². The number of para-hydroxylation sites is 1. The highest BCUT2D eigenvalue weighted by molar-refractivity contribution is 6.07. The molecule has 142 valence electrons. The van der Waals surface area contributed by atoms with Crippen LogP contribution >= 0.6 is 0 Å². The summed E-state index contributed by atoms with van der Waals surface area (Å²) in [6, 6.07) is 11.7. The van der Waals surface area contributed by atoms with Crippen LogP contribution in [0.15, 0.2) is 48.7 Å². The topological polar surface area (TPSA) is 129 Å². The highest BCUT2D eigenvalue weighted by Gasteiger charge is 2.25. The van der Waals surface area contributed by atoms with E-state index in [4.69, 9.17) is 0 Å². The van der Waals surface area contributed by atoms with Gasteiger partial charge in [-0.25, -0.2) is 0 Å². The molecular formula is C19H17N5O4. The van der Waals surface area contributed by atoms with Gasteiger partial charge in [0.2, 0.25) is 0 Å². The van der Waals surface area contributed by atoms with E-state index in [1.165, 1.54) is 18.2 Å². The van der Waals surface area contributed by atoms with Gasteiger partial charge in [-0.1, -0.05) is 18.2 Å². The molecule has 0 bridgehead atoms. The van der Waals surface area contributed by atoms with E-state index in [-0.39, 0.29) is 17.3 Å². The third-order valence-electron chi connectivity index (χ3n) is 4.52. The minimum absolute atomic E-state index is 0.0762. The molecule has 1 aromatic heterocycles. The van der Waals surface area contributed by atoms with E-state index in [1.54, 1.807) is 12.3 Å². The Labute approximate surface area is 159 Å². The van der Waals surface area contributed by atoms with Crippen molar-refractivity contribution < 1.29 is 14.5 Å². The zero-order chi connectivity index (χ0) is 19.7. The molecule has 0 aliphatic heterocycles. The van der Waals surface area contributed by atoms with E-state index in [9.17, 15) is 19.7 Å². The van der Waals surface area contributed by atoms with Gasteiger partial charge in [-0.3, -0.25) is 30.6 Å². The quantitative estimate of drug-likeness (QED) is 0.400. The van der Waals surface area contributed by atoms with E-state index in [0.717, 1.165) is 23.7 Å². The van der Waals surface area contributed by atoms with Gasteiger partial charge in [0.05, 0.1) is 10.5 Å². The van der Waals surface area contributed by atoms with Gasteiger partial charge in [0, 0.05) is 34.8 Å². The summed E-state index contributed by atoms with van der Waals surface area (Å²) in [5.74, 6) is -1.14. The Morgan fingerprint density at radius 3 is 2.57 bits per heavy atom. The number of hydrogen-bond acceptors (Lipinski definition) is 5. The number of anilines is 1. The zero-order valence-corrected chi connectivity index (χ0v) is 14.7. The van der Waals surface area contributed by atoms with Gasteiger partial charge in [0.25, 0.3) is 17.5 Å². The molecule has 9 nitrogen and oxygen atoms in total. The predicted octanol–water partition coefficient (Wildman–Crippen LogP) is 2.73. The maximum Gasteiger partial charge on any atom is 0.293 e. The number of H-pyrrole nitrogens is 1. The molecule has 3 aromatic rings. The van der Waals surface area contributed by atoms with Gasteiger partial charge in [0.15, 0.2) is 0 Å². The first-order valence-electron chi connectivity index (χ1n) is 8.74. The normalized spacial score (nSPS) is 13.1. The van der Waals surface area contributed by atoms with E-state index >= 15 is 0 Å². The highest BCUT2D eigenvalue weighted by atomic mass is 16.6. The van der Waals surface area contributed by atoms with Crippen LogP contribution < -0.4 is 16.2 Å². The average Bonchev–Trinajstić information content (AvgIpc) is 3.41. The molecule has 9 heteroatoms. The summed E-state index contributed by atoms with van der Waals surface area (Å²) in [5, 5.41) is 15.1. The number of nitro groups is 1. The molecule has 2 aromatic carbocycles. The number of amides is 2. The molecule has 0 atom stereocenters. The van der Waals surface area contributed by atoms with E-state index in [1.807, 2.05) is 18.2 Å². The number of aromatic amines is 1. The average molecular weight is 379 g/mol. The molecule has 1 aliphatic rings. The summed E-state index contributed by atoms with van der Waals surface area (Å²) in [6.45, 7) is 0. The van der Waals surface area contributed by atoms with Gasteiger partial charge >= 0.3 is 0 Å². The zero-order valence-electron chi connectivity index (χ0n) is 14.7. The lowest BCUT2D eigenvalue weighted by molar-refractivity contribution is -0.384. The van der Waals surface area contributed by atoms with Crippen LogP contribution in [0.4, 0.5) is 11.4 Å². The molecule has 1 saturated carbocycles. The van der Waals surface area contributed by atoms with Crippen molar-refractivity contribution in [2.24, 2.45) is 0 Å². The fraction of sp³-hybridized carbons (Fsp3) is 0.158. The second-order valence-electron chi connectivity index (χ2n) is 6.56. The second kappa shape index (κ2) is 7.03. The van der Waals surface area contributed by atoms with Crippen molar-refractivity contribution in [1.82, 2.24) is 15.8 Å². The van der Waals surface area contributed by atoms with Crippen molar-refractivity contribution in [2.75, 3.05) is 5.32 Å². The molecule has 1 fully saturated rings. The second-order valence-corrected chi connectivity index (χ2v) is 6.56. The Hall–Kier alpha value is -3.88. The van der Waals surface area contributed by atoms with E-state index < -0.39 is 16.7 Å². The molecule has 1 heterocycles. The molecular weight excluding hydrogens is 362 g/mol. The molecule has 0 spiro atoms. The number of hydrogen-bond donors (Lipinski definition) is 4. The fourth-order valence-electron chi connectivity index (χ4n) is 2.91. The summed E-state index contributed by atoms with van der Waals surface area (Å²) in [5.41, 5.74) is 6.09. The molecule has 4 N–H and O–H groups in total. The first-order chi connectivity index (χ1) is 13.5. The molecule has 0 unspecified atom stereocenters. The number of rotatable bonds is 5. The summed E-state index contributed by atoms with van der Waals surface area (Å²) in [6.07, 6.45) is 3.49. The molecule has 1 aliphatic carbocycles. The van der Waals surface area contributed by atoms with Crippen LogP contribution in [0.25, 0.3) is 10.9 Å². The monoisotopic (exact) mass is 379 g/mol. The molecule has 2 amide bonds. The Morgan fingerprint density at radius 1 is 1.07 bits per heavy atom. The van der Waals surface area contributed by atoms with Crippen LogP contribution in [0.5, 0.6) is 0 Å². The van der Waals surface area contributed by atoms with Crippen LogP contribution in [0.3, 0.4) is 0 Å². The van der Waals surface area contributed by atoms with Gasteiger partial charge < -0.3 is 10.3 Å². The molecule has 0 radical (unpaired) electrons. The minimum atomic E-state index is -0.644. The Balaban J connectivity index is 1.46. The first-order valence-corrected chi connectivity index (χ1v) is 8.74. The fourth-order valence-corrected chi connectivity index (χ4v) is 2.91. The van der Waals surface area contributed by atoms with Crippen molar-refractivity contribution in [3.05, 3.63) is 69.9 Å².